The quantitative estimate of drug-likeness (QED) is 0.467. The summed E-state index contributed by atoms with van der Waals surface area (Å²) in [5, 5.41) is 8.62. The smallest absolute Gasteiger partial charge is 0.210 e. The lowest BCUT2D eigenvalue weighted by Crippen LogP contribution is -2.15. The summed E-state index contributed by atoms with van der Waals surface area (Å²) in [6, 6.07) is 12.0. The van der Waals surface area contributed by atoms with Gasteiger partial charge in [-0.05, 0) is 29.8 Å². The molecule has 0 fully saturated rings. The van der Waals surface area contributed by atoms with Crippen molar-refractivity contribution in [2.75, 3.05) is 20.1 Å². The van der Waals surface area contributed by atoms with E-state index in [-0.39, 0.29) is 12.4 Å². The molecule has 0 radical (unpaired) electrons. The van der Waals surface area contributed by atoms with Gasteiger partial charge < -0.3 is 20.1 Å². The summed E-state index contributed by atoms with van der Waals surface area (Å²) in [4.78, 5) is 0. The predicted octanol–water partition coefficient (Wildman–Crippen LogP) is 3.02. The van der Waals surface area contributed by atoms with Gasteiger partial charge in [-0.2, -0.15) is 0 Å². The Morgan fingerprint density at radius 2 is 1.89 bits per heavy atom. The first-order chi connectivity index (χ1) is 13.1. The van der Waals surface area contributed by atoms with Gasteiger partial charge in [0, 0.05) is 11.8 Å². The molecule has 2 aromatic carbocycles. The minimum atomic E-state index is -0.405. The van der Waals surface area contributed by atoms with Crippen molar-refractivity contribution in [3.63, 3.8) is 0 Å². The number of nitrogen functional groups attached to an aromatic ring is 1. The second-order valence-electron chi connectivity index (χ2n) is 5.49. The molecule has 0 saturated carbocycles. The SMILES string of the molecule is COc1cccc(OCc2nnc(SCc3ccc(OC)c(F)c3)n2N)c1. The number of ether oxygens (including phenoxy) is 3. The third kappa shape index (κ3) is 4.62. The fourth-order valence-electron chi connectivity index (χ4n) is 2.29. The number of methoxy groups -OCH3 is 2. The van der Waals surface area contributed by atoms with Crippen molar-refractivity contribution < 1.29 is 18.6 Å². The summed E-state index contributed by atoms with van der Waals surface area (Å²) in [6.45, 7) is 0.161. The van der Waals surface area contributed by atoms with E-state index in [1.807, 2.05) is 18.2 Å². The van der Waals surface area contributed by atoms with Crippen LogP contribution in [0.4, 0.5) is 4.39 Å². The molecule has 3 rings (SSSR count). The van der Waals surface area contributed by atoms with Crippen LogP contribution in [-0.2, 0) is 12.4 Å². The molecule has 9 heteroatoms. The average molecular weight is 390 g/mol. The van der Waals surface area contributed by atoms with Gasteiger partial charge in [0.05, 0.1) is 14.2 Å². The number of thioether (sulfide) groups is 1. The van der Waals surface area contributed by atoms with Crippen LogP contribution in [0.15, 0.2) is 47.6 Å². The lowest BCUT2D eigenvalue weighted by molar-refractivity contribution is 0.289. The molecule has 1 heterocycles. The Labute approximate surface area is 160 Å². The Bertz CT molecular complexity index is 919. The molecular formula is C18H19FN4O3S. The summed E-state index contributed by atoms with van der Waals surface area (Å²) >= 11 is 1.35. The van der Waals surface area contributed by atoms with Gasteiger partial charge in [0.2, 0.25) is 5.16 Å². The highest BCUT2D eigenvalue weighted by atomic mass is 32.2. The number of hydrogen-bond donors (Lipinski definition) is 1. The molecule has 7 nitrogen and oxygen atoms in total. The van der Waals surface area contributed by atoms with E-state index < -0.39 is 5.82 Å². The number of hydrogen-bond acceptors (Lipinski definition) is 7. The number of nitrogens with zero attached hydrogens (tertiary/aromatic N) is 3. The number of halogens is 1. The van der Waals surface area contributed by atoms with Gasteiger partial charge in [0.1, 0.15) is 18.1 Å². The van der Waals surface area contributed by atoms with E-state index in [4.69, 9.17) is 20.1 Å². The molecule has 3 aromatic rings. The van der Waals surface area contributed by atoms with Crippen molar-refractivity contribution in [2.45, 2.75) is 17.5 Å². The van der Waals surface area contributed by atoms with E-state index in [2.05, 4.69) is 10.2 Å². The van der Waals surface area contributed by atoms with Gasteiger partial charge in [-0.1, -0.05) is 23.9 Å². The lowest BCUT2D eigenvalue weighted by atomic mass is 10.2. The van der Waals surface area contributed by atoms with Gasteiger partial charge in [-0.15, -0.1) is 10.2 Å². The molecule has 0 amide bonds. The zero-order valence-corrected chi connectivity index (χ0v) is 15.7. The van der Waals surface area contributed by atoms with Crippen molar-refractivity contribution >= 4 is 11.8 Å². The summed E-state index contributed by atoms with van der Waals surface area (Å²) in [5.41, 5.74) is 0.787. The molecule has 0 unspecified atom stereocenters. The number of benzene rings is 2. The van der Waals surface area contributed by atoms with Gasteiger partial charge in [-0.3, -0.25) is 0 Å². The summed E-state index contributed by atoms with van der Waals surface area (Å²) in [7, 11) is 3.02. The zero-order chi connectivity index (χ0) is 19.2. The second kappa shape index (κ2) is 8.63. The molecule has 0 aliphatic heterocycles. The number of rotatable bonds is 8. The van der Waals surface area contributed by atoms with Crippen LogP contribution in [0.25, 0.3) is 0 Å². The Hall–Kier alpha value is -2.94. The fraction of sp³-hybridized carbons (Fsp3) is 0.222. The predicted molar refractivity (Wildman–Crippen MR) is 100 cm³/mol. The van der Waals surface area contributed by atoms with E-state index in [0.29, 0.717) is 28.2 Å². The van der Waals surface area contributed by atoms with Gasteiger partial charge in [0.15, 0.2) is 17.4 Å². The topological polar surface area (TPSA) is 84.4 Å². The second-order valence-corrected chi connectivity index (χ2v) is 6.44. The first kappa shape index (κ1) is 18.8. The van der Waals surface area contributed by atoms with Crippen LogP contribution in [0, 0.1) is 5.82 Å². The molecule has 0 aliphatic rings. The Kier molecular flexibility index (Phi) is 6.02. The van der Waals surface area contributed by atoms with E-state index in [0.717, 1.165) is 5.56 Å². The fourth-order valence-corrected chi connectivity index (χ4v) is 3.11. The van der Waals surface area contributed by atoms with Crippen LogP contribution in [0.1, 0.15) is 11.4 Å². The summed E-state index contributed by atoms with van der Waals surface area (Å²) < 4.78 is 30.9. The Balaban J connectivity index is 1.60. The third-order valence-corrected chi connectivity index (χ3v) is 4.74. The molecule has 0 aliphatic carbocycles. The van der Waals surface area contributed by atoms with E-state index in [1.165, 1.54) is 29.6 Å². The minimum absolute atomic E-state index is 0.161. The highest BCUT2D eigenvalue weighted by molar-refractivity contribution is 7.98. The highest BCUT2D eigenvalue weighted by Crippen LogP contribution is 2.25. The average Bonchev–Trinajstić information content (AvgIpc) is 3.04. The first-order valence-corrected chi connectivity index (χ1v) is 9.00. The lowest BCUT2D eigenvalue weighted by Gasteiger charge is -2.08. The number of nitrogens with two attached hydrogens (primary N) is 1. The van der Waals surface area contributed by atoms with Crippen LogP contribution < -0.4 is 20.1 Å². The van der Waals surface area contributed by atoms with Crippen LogP contribution in [0.2, 0.25) is 0 Å². The van der Waals surface area contributed by atoms with E-state index >= 15 is 0 Å². The molecule has 0 saturated heterocycles. The van der Waals surface area contributed by atoms with Gasteiger partial charge in [0.25, 0.3) is 0 Å². The third-order valence-electron chi connectivity index (χ3n) is 3.73. The first-order valence-electron chi connectivity index (χ1n) is 8.02. The maximum Gasteiger partial charge on any atom is 0.210 e. The zero-order valence-electron chi connectivity index (χ0n) is 14.9. The van der Waals surface area contributed by atoms with Gasteiger partial charge >= 0.3 is 0 Å². The molecule has 0 spiro atoms. The molecule has 0 atom stereocenters. The van der Waals surface area contributed by atoms with Crippen molar-refractivity contribution in [2.24, 2.45) is 0 Å². The summed E-state index contributed by atoms with van der Waals surface area (Å²) in [5.74, 6) is 8.15. The van der Waals surface area contributed by atoms with Crippen LogP contribution in [-0.4, -0.2) is 29.1 Å². The van der Waals surface area contributed by atoms with Crippen molar-refractivity contribution in [1.29, 1.82) is 0 Å². The molecule has 0 bridgehead atoms. The highest BCUT2D eigenvalue weighted by Gasteiger charge is 2.12. The summed E-state index contributed by atoms with van der Waals surface area (Å²) in [6.07, 6.45) is 0. The molecule has 142 valence electrons. The van der Waals surface area contributed by atoms with Crippen molar-refractivity contribution in [3.05, 3.63) is 59.7 Å². The van der Waals surface area contributed by atoms with Crippen molar-refractivity contribution in [1.82, 2.24) is 14.9 Å². The maximum absolute atomic E-state index is 13.8. The van der Waals surface area contributed by atoms with Gasteiger partial charge in [-0.25, -0.2) is 9.07 Å². The number of aromatic nitrogens is 3. The molecule has 1 aromatic heterocycles. The maximum atomic E-state index is 13.8. The molecule has 2 N–H and O–H groups in total. The molecular weight excluding hydrogens is 371 g/mol. The van der Waals surface area contributed by atoms with E-state index in [1.54, 1.807) is 25.3 Å². The van der Waals surface area contributed by atoms with Crippen LogP contribution in [0.5, 0.6) is 17.2 Å². The van der Waals surface area contributed by atoms with E-state index in [9.17, 15) is 4.39 Å². The standard InChI is InChI=1S/C18H19FN4O3S/c1-24-13-4-3-5-14(9-13)26-10-17-21-22-18(23(17)20)27-11-12-6-7-16(25-2)15(19)8-12/h3-9H,10-11,20H2,1-2H3. The normalized spacial score (nSPS) is 10.6. The monoisotopic (exact) mass is 390 g/mol. The van der Waals surface area contributed by atoms with Crippen LogP contribution >= 0.6 is 11.8 Å². The minimum Gasteiger partial charge on any atom is -0.497 e. The molecule has 27 heavy (non-hydrogen) atoms. The Morgan fingerprint density at radius 3 is 2.63 bits per heavy atom. The van der Waals surface area contributed by atoms with Crippen LogP contribution in [0.3, 0.4) is 0 Å². The van der Waals surface area contributed by atoms with Crippen molar-refractivity contribution in [3.8, 4) is 17.2 Å². The largest absolute Gasteiger partial charge is 0.497 e. The Morgan fingerprint density at radius 1 is 1.07 bits per heavy atom.